The molecule has 2 atom stereocenters. The number of ether oxygens (including phenoxy) is 2. The summed E-state index contributed by atoms with van der Waals surface area (Å²) in [5.74, 6) is 0.891. The Bertz CT molecular complexity index is 1410. The van der Waals surface area contributed by atoms with Gasteiger partial charge in [0.15, 0.2) is 5.37 Å². The molecule has 3 aromatic rings. The number of pyridine rings is 1. The molecule has 0 fully saturated rings. The molecule has 1 aromatic carbocycles. The van der Waals surface area contributed by atoms with Crippen molar-refractivity contribution in [2.45, 2.75) is 44.1 Å². The fourth-order valence-corrected chi connectivity index (χ4v) is 6.48. The number of rotatable bonds is 4. The number of nitrogens with two attached hydrogens (primary N) is 1. The lowest BCUT2D eigenvalue weighted by Crippen LogP contribution is -2.41. The lowest BCUT2D eigenvalue weighted by atomic mass is 9.98. The number of nitrogens with zero attached hydrogens (tertiary/aromatic N) is 4. The molecule has 178 valence electrons. The summed E-state index contributed by atoms with van der Waals surface area (Å²) in [5, 5.41) is 12.3. The maximum absolute atomic E-state index is 13.5. The zero-order valence-corrected chi connectivity index (χ0v) is 20.0. The molecule has 34 heavy (non-hydrogen) atoms. The van der Waals surface area contributed by atoms with Gasteiger partial charge in [-0.1, -0.05) is 12.1 Å². The summed E-state index contributed by atoms with van der Waals surface area (Å²) in [7, 11) is -2.02. The number of urea groups is 1. The molecule has 1 aliphatic heterocycles. The number of nitrogens with one attached hydrogen (secondary N) is 1. The van der Waals surface area contributed by atoms with Gasteiger partial charge in [0.25, 0.3) is 0 Å². The first kappa shape index (κ1) is 22.4. The smallest absolute Gasteiger partial charge is 0.354 e. The first-order valence-corrected chi connectivity index (χ1v) is 12.6. The number of aryl methyl sites for hydroxylation is 1. The van der Waals surface area contributed by atoms with Crippen LogP contribution in [0.2, 0.25) is 0 Å². The minimum absolute atomic E-state index is 0.429. The van der Waals surface area contributed by atoms with E-state index in [4.69, 9.17) is 14.6 Å². The van der Waals surface area contributed by atoms with Crippen molar-refractivity contribution in [2.24, 2.45) is 9.50 Å². The van der Waals surface area contributed by atoms with Crippen molar-refractivity contribution in [3.05, 3.63) is 53.9 Å². The van der Waals surface area contributed by atoms with Gasteiger partial charge in [-0.05, 0) is 55.9 Å². The van der Waals surface area contributed by atoms with Crippen molar-refractivity contribution in [3.8, 4) is 22.9 Å². The highest BCUT2D eigenvalue weighted by atomic mass is 32.2. The van der Waals surface area contributed by atoms with Crippen LogP contribution < -0.4 is 19.9 Å². The molecular weight excluding hydrogens is 456 g/mol. The van der Waals surface area contributed by atoms with Crippen molar-refractivity contribution in [2.75, 3.05) is 12.4 Å². The molecule has 1 unspecified atom stereocenters. The Morgan fingerprint density at radius 3 is 2.91 bits per heavy atom. The second-order valence-corrected chi connectivity index (χ2v) is 10.7. The Morgan fingerprint density at radius 1 is 1.29 bits per heavy atom. The van der Waals surface area contributed by atoms with E-state index in [1.807, 2.05) is 12.1 Å². The van der Waals surface area contributed by atoms with Crippen molar-refractivity contribution >= 4 is 21.6 Å². The van der Waals surface area contributed by atoms with Gasteiger partial charge in [0.05, 0.1) is 19.0 Å². The van der Waals surface area contributed by atoms with E-state index in [-0.39, 0.29) is 0 Å². The monoisotopic (exact) mass is 482 g/mol. The molecule has 0 bridgehead atoms. The van der Waals surface area contributed by atoms with Crippen LogP contribution in [0.5, 0.6) is 11.8 Å². The Kier molecular flexibility index (Phi) is 5.33. The van der Waals surface area contributed by atoms with E-state index in [1.165, 1.54) is 16.4 Å². The molecule has 2 aliphatic rings. The summed E-state index contributed by atoms with van der Waals surface area (Å²) in [4.78, 5) is 17.3. The van der Waals surface area contributed by atoms with Crippen LogP contribution >= 0.6 is 0 Å². The van der Waals surface area contributed by atoms with Gasteiger partial charge in [0.2, 0.25) is 11.8 Å². The van der Waals surface area contributed by atoms with Crippen LogP contribution in [0.25, 0.3) is 11.1 Å². The van der Waals surface area contributed by atoms with Crippen LogP contribution in [0, 0.1) is 0 Å². The maximum atomic E-state index is 13.5. The second-order valence-electron chi connectivity index (χ2n) is 8.87. The third-order valence-corrected chi connectivity index (χ3v) is 7.99. The minimum Gasteiger partial charge on any atom is -0.481 e. The molecule has 5 rings (SSSR count). The minimum atomic E-state index is -3.56. The number of amides is 2. The van der Waals surface area contributed by atoms with Crippen LogP contribution in [0.4, 0.5) is 10.5 Å². The highest BCUT2D eigenvalue weighted by molar-refractivity contribution is 7.91. The van der Waals surface area contributed by atoms with E-state index in [2.05, 4.69) is 25.8 Å². The Labute approximate surface area is 197 Å². The summed E-state index contributed by atoms with van der Waals surface area (Å²) in [6.07, 6.45) is 5.91. The van der Waals surface area contributed by atoms with Crippen molar-refractivity contribution < 1.29 is 18.5 Å². The van der Waals surface area contributed by atoms with E-state index >= 15 is 0 Å². The Morgan fingerprint density at radius 2 is 2.12 bits per heavy atom. The Hall–Kier alpha value is -3.44. The molecule has 0 saturated heterocycles. The summed E-state index contributed by atoms with van der Waals surface area (Å²) >= 11 is 0. The summed E-state index contributed by atoms with van der Waals surface area (Å²) in [6, 6.07) is 8.54. The second kappa shape index (κ2) is 8.10. The van der Waals surface area contributed by atoms with Crippen LogP contribution in [-0.4, -0.2) is 37.7 Å². The number of benzene rings is 1. The lowest BCUT2D eigenvalue weighted by Gasteiger charge is -2.25. The number of carbonyl (C=O) groups is 1. The third-order valence-electron chi connectivity index (χ3n) is 6.13. The molecule has 3 heterocycles. The van der Waals surface area contributed by atoms with Crippen LogP contribution in [0.1, 0.15) is 36.8 Å². The topological polar surface area (TPSA) is 134 Å². The molecule has 0 saturated carbocycles. The quantitative estimate of drug-likeness (QED) is 0.583. The first-order valence-electron chi connectivity index (χ1n) is 10.9. The zero-order valence-electron chi connectivity index (χ0n) is 19.1. The molecule has 0 spiro atoms. The number of hydrogen-bond acceptors (Lipinski definition) is 6. The van der Waals surface area contributed by atoms with Crippen molar-refractivity contribution in [1.29, 1.82) is 0 Å². The van der Waals surface area contributed by atoms with Gasteiger partial charge >= 0.3 is 6.03 Å². The van der Waals surface area contributed by atoms with Crippen molar-refractivity contribution in [1.82, 2.24) is 14.8 Å². The molecule has 1 aliphatic carbocycles. The predicted octanol–water partition coefficient (Wildman–Crippen LogP) is 3.69. The fourth-order valence-electron chi connectivity index (χ4n) is 4.77. The highest BCUT2D eigenvalue weighted by Gasteiger charge is 2.48. The van der Waals surface area contributed by atoms with E-state index in [0.717, 1.165) is 36.0 Å². The molecule has 11 heteroatoms. The van der Waals surface area contributed by atoms with Gasteiger partial charge in [0.1, 0.15) is 15.5 Å². The van der Waals surface area contributed by atoms with Gasteiger partial charge in [-0.3, -0.25) is 0 Å². The number of hydrogen-bond donors (Lipinski definition) is 2. The van der Waals surface area contributed by atoms with Crippen LogP contribution in [0.3, 0.4) is 0 Å². The van der Waals surface area contributed by atoms with Crippen molar-refractivity contribution in [3.63, 3.8) is 0 Å². The predicted molar refractivity (Wildman–Crippen MR) is 128 cm³/mol. The standard InChI is InChI=1S/C23H26N6O4S/c1-23(2)21(29-19(33-23)10-12-26-29)34(24,31)28-22(30)27-20-16-6-4-5-14(16)7-8-17(20)15-9-11-25-18(13-15)32-3/h7-13,21H,4-6H2,1-3H3,(H3,24,27,28,30,31)/t21?,34-/m1/s1. The molecule has 0 radical (unpaired) electrons. The van der Waals surface area contributed by atoms with Crippen LogP contribution in [0.15, 0.2) is 47.1 Å². The third kappa shape index (κ3) is 3.80. The van der Waals surface area contributed by atoms with E-state index in [0.29, 0.717) is 17.4 Å². The summed E-state index contributed by atoms with van der Waals surface area (Å²) in [5.41, 5.74) is 3.52. The largest absolute Gasteiger partial charge is 0.481 e. The van der Waals surface area contributed by atoms with E-state index < -0.39 is 26.9 Å². The van der Waals surface area contributed by atoms with Gasteiger partial charge in [-0.15, -0.1) is 4.36 Å². The Balaban J connectivity index is 1.54. The van der Waals surface area contributed by atoms with Gasteiger partial charge < -0.3 is 14.8 Å². The van der Waals surface area contributed by atoms with E-state index in [1.54, 1.807) is 39.3 Å². The van der Waals surface area contributed by atoms with Crippen LogP contribution in [-0.2, 0) is 22.8 Å². The maximum Gasteiger partial charge on any atom is 0.354 e. The molecule has 10 nitrogen and oxygen atoms in total. The van der Waals surface area contributed by atoms with Gasteiger partial charge in [-0.25, -0.2) is 23.8 Å². The number of anilines is 1. The number of carbonyl (C=O) groups excluding carboxylic acids is 1. The summed E-state index contributed by atoms with van der Waals surface area (Å²) < 4.78 is 30.0. The molecule has 2 aromatic heterocycles. The molecular formula is C23H26N6O4S. The molecule has 2 amide bonds. The molecule has 3 N–H and O–H groups in total. The lowest BCUT2D eigenvalue weighted by molar-refractivity contribution is 0.130. The number of fused-ring (bicyclic) bond motifs is 2. The highest BCUT2D eigenvalue weighted by Crippen LogP contribution is 2.41. The normalized spacial score (nSPS) is 19.5. The zero-order chi connectivity index (χ0) is 24.1. The van der Waals surface area contributed by atoms with Gasteiger partial charge in [-0.2, -0.15) is 5.10 Å². The summed E-state index contributed by atoms with van der Waals surface area (Å²) in [6.45, 7) is 3.48. The average molecular weight is 483 g/mol. The SMILES string of the molecule is COc1cc(-c2ccc3c(c2NC(=O)N=[S@@](N)(=O)C2n4nccc4OC2(C)C)CCC3)ccn1. The van der Waals surface area contributed by atoms with Gasteiger partial charge in [0, 0.05) is 23.9 Å². The van der Waals surface area contributed by atoms with E-state index in [9.17, 15) is 9.00 Å². The number of aromatic nitrogens is 3. The fraction of sp³-hybridized carbons (Fsp3) is 0.348. The number of methoxy groups -OCH3 is 1. The average Bonchev–Trinajstić information content (AvgIpc) is 3.47. The first-order chi connectivity index (χ1) is 16.2.